The third-order valence-electron chi connectivity index (χ3n) is 7.50. The Morgan fingerprint density at radius 3 is 2.09 bits per heavy atom. The summed E-state index contributed by atoms with van der Waals surface area (Å²) in [7, 11) is 0. The number of ether oxygens (including phenoxy) is 1. The van der Waals surface area contributed by atoms with Crippen LogP contribution in [0.3, 0.4) is 0 Å². The van der Waals surface area contributed by atoms with Gasteiger partial charge >= 0.3 is 6.09 Å². The van der Waals surface area contributed by atoms with E-state index in [4.69, 9.17) is 4.74 Å². The maximum Gasteiger partial charge on any atom is 0.408 e. The number of hydrogen-bond donors (Lipinski definition) is 5. The highest BCUT2D eigenvalue weighted by atomic mass is 32.2. The first-order valence-electron chi connectivity index (χ1n) is 16.6. The van der Waals surface area contributed by atoms with Crippen molar-refractivity contribution in [3.05, 3.63) is 16.1 Å². The smallest absolute Gasteiger partial charge is 0.408 e. The highest BCUT2D eigenvalue weighted by Crippen LogP contribution is 2.20. The van der Waals surface area contributed by atoms with Gasteiger partial charge in [-0.3, -0.25) is 14.4 Å². The molecule has 0 saturated heterocycles. The van der Waals surface area contributed by atoms with Crippen molar-refractivity contribution < 1.29 is 29.0 Å². The first-order chi connectivity index (χ1) is 21.6. The van der Waals surface area contributed by atoms with Gasteiger partial charge < -0.3 is 31.1 Å². The molecule has 5 atom stereocenters. The van der Waals surface area contributed by atoms with Crippen molar-refractivity contribution in [1.29, 1.82) is 0 Å². The summed E-state index contributed by atoms with van der Waals surface area (Å²) in [5, 5.41) is 25.6. The Balaban J connectivity index is 2.98. The Bertz CT molecular complexity index is 1080. The van der Waals surface area contributed by atoms with Gasteiger partial charge in [0.05, 0.1) is 12.1 Å². The number of nitrogens with zero attached hydrogens (tertiary/aromatic N) is 1. The molecule has 1 aromatic rings. The lowest BCUT2D eigenvalue weighted by atomic mass is 9.91. The molecule has 4 amide bonds. The molecule has 0 fully saturated rings. The number of aliphatic hydroxyl groups is 1. The van der Waals surface area contributed by atoms with E-state index >= 15 is 0 Å². The van der Waals surface area contributed by atoms with Gasteiger partial charge in [-0.2, -0.15) is 11.8 Å². The Kier molecular flexibility index (Phi) is 19.4. The number of alkyl carbamates (subject to hydrolysis) is 1. The van der Waals surface area contributed by atoms with Crippen molar-refractivity contribution in [3.8, 4) is 0 Å². The normalized spacial score (nSPS) is 14.9. The van der Waals surface area contributed by atoms with Crippen molar-refractivity contribution in [1.82, 2.24) is 26.3 Å². The Labute approximate surface area is 284 Å². The number of amides is 4. The molecule has 0 bridgehead atoms. The van der Waals surface area contributed by atoms with Crippen LogP contribution in [0.2, 0.25) is 0 Å². The predicted molar refractivity (Wildman–Crippen MR) is 187 cm³/mol. The van der Waals surface area contributed by atoms with Gasteiger partial charge in [0.1, 0.15) is 23.7 Å². The second-order valence-electron chi connectivity index (χ2n) is 13.2. The molecule has 0 aliphatic rings. The zero-order chi connectivity index (χ0) is 35.0. The highest BCUT2D eigenvalue weighted by molar-refractivity contribution is 7.99. The third kappa shape index (κ3) is 15.9. The maximum absolute atomic E-state index is 13.6. The molecule has 46 heavy (non-hydrogen) atoms. The van der Waals surface area contributed by atoms with Crippen LogP contribution in [0.4, 0.5) is 4.79 Å². The second kappa shape index (κ2) is 21.5. The molecule has 11 nitrogen and oxygen atoms in total. The number of thiazole rings is 1. The van der Waals surface area contributed by atoms with Crippen LogP contribution in [0.25, 0.3) is 0 Å². The van der Waals surface area contributed by atoms with Crippen LogP contribution in [-0.2, 0) is 25.7 Å². The SMILES string of the molecule is CCC(CC)SC[C@H](NC(=O)OCc1nc(C)cs1)C(=O)N[C@H](CC(C)C)[C@@H](O)C[C@@H](C)C(=O)N[C@@H](C(=O)NCC(C)C)C(C)C. The van der Waals surface area contributed by atoms with Gasteiger partial charge in [-0.05, 0) is 50.4 Å². The van der Waals surface area contributed by atoms with E-state index in [1.54, 1.807) is 18.7 Å². The van der Waals surface area contributed by atoms with E-state index in [0.29, 0.717) is 29.0 Å². The molecule has 0 spiro atoms. The van der Waals surface area contributed by atoms with Gasteiger partial charge in [0.15, 0.2) is 0 Å². The zero-order valence-electron chi connectivity index (χ0n) is 29.5. The third-order valence-corrected chi connectivity index (χ3v) is 10.1. The van der Waals surface area contributed by atoms with E-state index in [0.717, 1.165) is 18.5 Å². The quantitative estimate of drug-likeness (QED) is 0.124. The van der Waals surface area contributed by atoms with Gasteiger partial charge in [0.2, 0.25) is 17.7 Å². The zero-order valence-corrected chi connectivity index (χ0v) is 31.1. The molecule has 264 valence electrons. The van der Waals surface area contributed by atoms with E-state index < -0.39 is 42.1 Å². The predicted octanol–water partition coefficient (Wildman–Crippen LogP) is 4.80. The molecule has 0 aliphatic carbocycles. The first kappa shape index (κ1) is 41.6. The van der Waals surface area contributed by atoms with Gasteiger partial charge in [0.25, 0.3) is 0 Å². The van der Waals surface area contributed by atoms with Crippen LogP contribution in [0.1, 0.15) is 98.7 Å². The van der Waals surface area contributed by atoms with Crippen LogP contribution >= 0.6 is 23.1 Å². The number of aromatic nitrogens is 1. The second-order valence-corrected chi connectivity index (χ2v) is 15.5. The molecule has 0 aromatic carbocycles. The Morgan fingerprint density at radius 1 is 0.913 bits per heavy atom. The molecule has 1 aromatic heterocycles. The van der Waals surface area contributed by atoms with Crippen molar-refractivity contribution in [2.75, 3.05) is 12.3 Å². The number of thioether (sulfide) groups is 1. The van der Waals surface area contributed by atoms with Crippen molar-refractivity contribution in [2.24, 2.45) is 23.7 Å². The number of nitrogens with one attached hydrogen (secondary N) is 4. The summed E-state index contributed by atoms with van der Waals surface area (Å²) in [6.07, 6.45) is 0.642. The molecule has 0 unspecified atom stereocenters. The fourth-order valence-corrected chi connectivity index (χ4v) is 6.56. The average Bonchev–Trinajstić information content (AvgIpc) is 3.41. The summed E-state index contributed by atoms with van der Waals surface area (Å²) >= 11 is 3.00. The van der Waals surface area contributed by atoms with Crippen molar-refractivity contribution in [2.45, 2.75) is 131 Å². The fourth-order valence-electron chi connectivity index (χ4n) is 4.70. The Morgan fingerprint density at radius 2 is 1.57 bits per heavy atom. The molecule has 1 rings (SSSR count). The minimum atomic E-state index is -1.04. The van der Waals surface area contributed by atoms with Crippen LogP contribution in [0, 0.1) is 30.6 Å². The number of carbonyl (C=O) groups is 4. The molecule has 5 N–H and O–H groups in total. The monoisotopic (exact) mass is 685 g/mol. The van der Waals surface area contributed by atoms with E-state index in [1.165, 1.54) is 11.3 Å². The summed E-state index contributed by atoms with van der Waals surface area (Å²) in [6, 6.07) is -2.25. The van der Waals surface area contributed by atoms with E-state index in [-0.39, 0.29) is 42.6 Å². The van der Waals surface area contributed by atoms with Gasteiger partial charge in [-0.15, -0.1) is 11.3 Å². The molecular weight excluding hydrogens is 627 g/mol. The molecular formula is C33H59N5O6S2. The molecule has 1 heterocycles. The molecule has 13 heteroatoms. The van der Waals surface area contributed by atoms with Crippen LogP contribution in [-0.4, -0.2) is 75.7 Å². The maximum atomic E-state index is 13.6. The molecule has 0 saturated carbocycles. The highest BCUT2D eigenvalue weighted by Gasteiger charge is 2.32. The summed E-state index contributed by atoms with van der Waals surface area (Å²) in [5.41, 5.74) is 0.844. The lowest BCUT2D eigenvalue weighted by Crippen LogP contribution is -2.55. The topological polar surface area (TPSA) is 159 Å². The van der Waals surface area contributed by atoms with Crippen molar-refractivity contribution >= 4 is 46.9 Å². The van der Waals surface area contributed by atoms with Gasteiger partial charge in [0, 0.05) is 34.5 Å². The van der Waals surface area contributed by atoms with E-state index in [1.807, 2.05) is 53.8 Å². The van der Waals surface area contributed by atoms with Gasteiger partial charge in [-0.1, -0.05) is 62.3 Å². The fraction of sp³-hybridized carbons (Fsp3) is 0.788. The lowest BCUT2D eigenvalue weighted by molar-refractivity contribution is -0.132. The number of aryl methyl sites for hydroxylation is 1. The summed E-state index contributed by atoms with van der Waals surface area (Å²) in [5.74, 6) is -0.999. The van der Waals surface area contributed by atoms with E-state index in [2.05, 4.69) is 40.1 Å². The molecule has 0 radical (unpaired) electrons. The average molecular weight is 686 g/mol. The van der Waals surface area contributed by atoms with Crippen LogP contribution in [0.15, 0.2) is 5.38 Å². The Hall–Kier alpha value is -2.38. The standard InChI is InChI=1S/C33H59N5O6S2/c1-11-24(12-2)45-18-26(37-33(43)44-16-28-35-23(10)17-46-28)31(41)36-25(13-19(3)4)27(39)14-22(9)30(40)38-29(21(7)8)32(42)34-15-20(5)6/h17,19-22,24-27,29,39H,11-16,18H2,1-10H3,(H,34,42)(H,36,41)(H,37,43)(H,38,40)/t22-,25-,26+,27+,29-/m1/s1. The molecule has 0 aliphatic heterocycles. The summed E-state index contributed by atoms with van der Waals surface area (Å²) < 4.78 is 5.36. The van der Waals surface area contributed by atoms with Crippen LogP contribution < -0.4 is 21.3 Å². The minimum Gasteiger partial charge on any atom is -0.442 e. The largest absolute Gasteiger partial charge is 0.442 e. The van der Waals surface area contributed by atoms with Gasteiger partial charge in [-0.25, -0.2) is 9.78 Å². The first-order valence-corrected chi connectivity index (χ1v) is 18.5. The number of hydrogen-bond acceptors (Lipinski definition) is 9. The number of carbonyl (C=O) groups excluding carboxylic acids is 4. The number of rotatable bonds is 21. The number of aliphatic hydroxyl groups excluding tert-OH is 1. The summed E-state index contributed by atoms with van der Waals surface area (Å²) in [6.45, 7) is 20.0. The lowest BCUT2D eigenvalue weighted by Gasteiger charge is -2.30. The van der Waals surface area contributed by atoms with Crippen molar-refractivity contribution in [3.63, 3.8) is 0 Å². The van der Waals surface area contributed by atoms with Crippen LogP contribution in [0.5, 0.6) is 0 Å². The minimum absolute atomic E-state index is 0.00403. The summed E-state index contributed by atoms with van der Waals surface area (Å²) in [4.78, 5) is 56.5. The van der Waals surface area contributed by atoms with E-state index in [9.17, 15) is 24.3 Å².